The molecule has 16 heavy (non-hydrogen) atoms. The van der Waals surface area contributed by atoms with Crippen molar-refractivity contribution >= 4 is 5.97 Å². The van der Waals surface area contributed by atoms with Crippen LogP contribution in [0.4, 0.5) is 0 Å². The lowest BCUT2D eigenvalue weighted by atomic mass is 10.1. The van der Waals surface area contributed by atoms with E-state index in [1.807, 2.05) is 6.07 Å². The van der Waals surface area contributed by atoms with E-state index < -0.39 is 5.97 Å². The average molecular weight is 219 g/mol. The molecule has 0 saturated heterocycles. The molecule has 0 fully saturated rings. The van der Waals surface area contributed by atoms with Crippen molar-refractivity contribution in [1.29, 1.82) is 5.26 Å². The number of nitriles is 1. The molecule has 0 amide bonds. The zero-order valence-electron chi connectivity index (χ0n) is 9.06. The van der Waals surface area contributed by atoms with Gasteiger partial charge in [0.15, 0.2) is 0 Å². The van der Waals surface area contributed by atoms with Gasteiger partial charge in [0.25, 0.3) is 0 Å². The molecule has 0 heterocycles. The Morgan fingerprint density at radius 3 is 2.88 bits per heavy atom. The molecule has 1 aromatic carbocycles. The van der Waals surface area contributed by atoms with Crippen molar-refractivity contribution < 1.29 is 14.6 Å². The van der Waals surface area contributed by atoms with E-state index in [9.17, 15) is 4.79 Å². The first-order valence-electron chi connectivity index (χ1n) is 4.99. The molecule has 4 nitrogen and oxygen atoms in total. The van der Waals surface area contributed by atoms with E-state index >= 15 is 0 Å². The van der Waals surface area contributed by atoms with Gasteiger partial charge in [-0.05, 0) is 37.1 Å². The van der Waals surface area contributed by atoms with Crippen LogP contribution in [0.25, 0.3) is 0 Å². The van der Waals surface area contributed by atoms with E-state index in [1.54, 1.807) is 19.1 Å². The molecule has 4 heteroatoms. The van der Waals surface area contributed by atoms with Crippen LogP contribution in [0, 0.1) is 18.3 Å². The lowest BCUT2D eigenvalue weighted by Crippen LogP contribution is -2.01. The fourth-order valence-corrected chi connectivity index (χ4v) is 1.31. The second-order valence-electron chi connectivity index (χ2n) is 3.39. The smallest absolute Gasteiger partial charge is 0.335 e. The normalized spacial score (nSPS) is 9.50. The van der Waals surface area contributed by atoms with Crippen molar-refractivity contribution in [2.75, 3.05) is 6.61 Å². The molecule has 0 aliphatic rings. The maximum atomic E-state index is 10.8. The number of hydrogen-bond donors (Lipinski definition) is 1. The largest absolute Gasteiger partial charge is 0.494 e. The van der Waals surface area contributed by atoms with Gasteiger partial charge in [0.1, 0.15) is 5.75 Å². The summed E-state index contributed by atoms with van der Waals surface area (Å²) in [4.78, 5) is 10.8. The second kappa shape index (κ2) is 5.76. The molecule has 0 bridgehead atoms. The highest BCUT2D eigenvalue weighted by Crippen LogP contribution is 2.17. The number of aryl methyl sites for hydroxylation is 1. The third kappa shape index (κ3) is 3.28. The van der Waals surface area contributed by atoms with Crippen LogP contribution in [-0.2, 0) is 0 Å². The predicted molar refractivity (Wildman–Crippen MR) is 58.5 cm³/mol. The molecule has 0 atom stereocenters. The van der Waals surface area contributed by atoms with Crippen molar-refractivity contribution in [2.45, 2.75) is 19.8 Å². The van der Waals surface area contributed by atoms with Crippen LogP contribution in [0.2, 0.25) is 0 Å². The molecular weight excluding hydrogens is 206 g/mol. The summed E-state index contributed by atoms with van der Waals surface area (Å²) in [5.41, 5.74) is 0.953. The summed E-state index contributed by atoms with van der Waals surface area (Å²) in [7, 11) is 0. The fourth-order valence-electron chi connectivity index (χ4n) is 1.31. The van der Waals surface area contributed by atoms with Crippen molar-refractivity contribution in [2.24, 2.45) is 0 Å². The van der Waals surface area contributed by atoms with Crippen molar-refractivity contribution in [3.05, 3.63) is 29.3 Å². The molecule has 0 aliphatic heterocycles. The van der Waals surface area contributed by atoms with Gasteiger partial charge in [0.05, 0.1) is 18.2 Å². The van der Waals surface area contributed by atoms with Crippen LogP contribution < -0.4 is 4.74 Å². The summed E-state index contributed by atoms with van der Waals surface area (Å²) >= 11 is 0. The van der Waals surface area contributed by atoms with Gasteiger partial charge in [-0.15, -0.1) is 0 Å². The van der Waals surface area contributed by atoms with E-state index in [2.05, 4.69) is 0 Å². The molecule has 1 N–H and O–H groups in total. The monoisotopic (exact) mass is 219 g/mol. The van der Waals surface area contributed by atoms with Crippen molar-refractivity contribution in [3.8, 4) is 11.8 Å². The summed E-state index contributed by atoms with van der Waals surface area (Å²) in [6.07, 6.45) is 1.14. The maximum Gasteiger partial charge on any atom is 0.335 e. The first-order valence-corrected chi connectivity index (χ1v) is 4.99. The van der Waals surface area contributed by atoms with Crippen LogP contribution in [0.1, 0.15) is 28.8 Å². The number of nitrogens with zero attached hydrogens (tertiary/aromatic N) is 1. The average Bonchev–Trinajstić information content (AvgIpc) is 2.24. The Morgan fingerprint density at radius 1 is 1.56 bits per heavy atom. The topological polar surface area (TPSA) is 70.3 Å². The number of unbranched alkanes of at least 4 members (excludes halogenated alkanes) is 1. The van der Waals surface area contributed by atoms with Gasteiger partial charge in [0.2, 0.25) is 0 Å². The highest BCUT2D eigenvalue weighted by atomic mass is 16.5. The quantitative estimate of drug-likeness (QED) is 0.772. The predicted octanol–water partition coefficient (Wildman–Crippen LogP) is 2.38. The summed E-state index contributed by atoms with van der Waals surface area (Å²) in [5, 5.41) is 17.2. The lowest BCUT2D eigenvalue weighted by molar-refractivity contribution is 0.0696. The summed E-state index contributed by atoms with van der Waals surface area (Å²) < 4.78 is 5.38. The Morgan fingerprint density at radius 2 is 2.31 bits per heavy atom. The highest BCUT2D eigenvalue weighted by Gasteiger charge is 2.07. The molecular formula is C12H13NO3. The zero-order valence-corrected chi connectivity index (χ0v) is 9.06. The Labute approximate surface area is 94.1 Å². The molecule has 0 unspecified atom stereocenters. The standard InChI is InChI=1S/C12H13NO3/c1-9-8-10(16-7-3-2-6-13)4-5-11(9)12(14)15/h4-5,8H,2-3,7H2,1H3,(H,14,15). The minimum Gasteiger partial charge on any atom is -0.494 e. The molecule has 0 saturated carbocycles. The molecule has 0 aliphatic carbocycles. The minimum atomic E-state index is -0.937. The van der Waals surface area contributed by atoms with Crippen LogP contribution in [0.5, 0.6) is 5.75 Å². The summed E-state index contributed by atoms with van der Waals surface area (Å²) in [6.45, 7) is 2.20. The minimum absolute atomic E-state index is 0.282. The number of ether oxygens (including phenoxy) is 1. The van der Waals surface area contributed by atoms with Crippen molar-refractivity contribution in [1.82, 2.24) is 0 Å². The molecule has 84 valence electrons. The van der Waals surface area contributed by atoms with Crippen LogP contribution in [-0.4, -0.2) is 17.7 Å². The van der Waals surface area contributed by atoms with E-state index in [0.717, 1.165) is 0 Å². The number of hydrogen-bond acceptors (Lipinski definition) is 3. The van der Waals surface area contributed by atoms with E-state index in [1.165, 1.54) is 6.07 Å². The molecule has 1 aromatic rings. The summed E-state index contributed by atoms with van der Waals surface area (Å²) in [6, 6.07) is 6.87. The van der Waals surface area contributed by atoms with Crippen LogP contribution >= 0.6 is 0 Å². The van der Waals surface area contributed by atoms with E-state index in [0.29, 0.717) is 30.8 Å². The first-order chi connectivity index (χ1) is 7.65. The summed E-state index contributed by atoms with van der Waals surface area (Å²) in [5.74, 6) is -0.297. The molecule has 0 spiro atoms. The number of rotatable bonds is 5. The van der Waals surface area contributed by atoms with Gasteiger partial charge in [0, 0.05) is 6.42 Å². The van der Waals surface area contributed by atoms with Gasteiger partial charge in [-0.1, -0.05) is 0 Å². The third-order valence-corrected chi connectivity index (χ3v) is 2.13. The number of benzene rings is 1. The van der Waals surface area contributed by atoms with Crippen LogP contribution in [0.3, 0.4) is 0 Å². The Bertz CT molecular complexity index is 421. The molecule has 0 aromatic heterocycles. The van der Waals surface area contributed by atoms with E-state index in [-0.39, 0.29) is 5.56 Å². The number of carboxylic acid groups (broad SMARTS) is 1. The van der Waals surface area contributed by atoms with Crippen molar-refractivity contribution in [3.63, 3.8) is 0 Å². The Balaban J connectivity index is 2.60. The van der Waals surface area contributed by atoms with Crippen LogP contribution in [0.15, 0.2) is 18.2 Å². The molecule has 1 rings (SSSR count). The second-order valence-corrected chi connectivity index (χ2v) is 3.39. The van der Waals surface area contributed by atoms with Gasteiger partial charge in [-0.3, -0.25) is 0 Å². The van der Waals surface area contributed by atoms with Gasteiger partial charge in [-0.2, -0.15) is 5.26 Å². The molecule has 0 radical (unpaired) electrons. The highest BCUT2D eigenvalue weighted by molar-refractivity contribution is 5.89. The van der Waals surface area contributed by atoms with E-state index in [4.69, 9.17) is 15.1 Å². The fraction of sp³-hybridized carbons (Fsp3) is 0.333. The first kappa shape index (κ1) is 12.1. The lowest BCUT2D eigenvalue weighted by Gasteiger charge is -2.07. The maximum absolute atomic E-state index is 10.8. The number of aromatic carboxylic acids is 1. The van der Waals surface area contributed by atoms with Gasteiger partial charge >= 0.3 is 5.97 Å². The Kier molecular flexibility index (Phi) is 4.34. The Hall–Kier alpha value is -2.02. The number of carboxylic acids is 1. The third-order valence-electron chi connectivity index (χ3n) is 2.13. The van der Waals surface area contributed by atoms with Gasteiger partial charge < -0.3 is 9.84 Å². The SMILES string of the molecule is Cc1cc(OCCCC#N)ccc1C(=O)O. The van der Waals surface area contributed by atoms with Gasteiger partial charge in [-0.25, -0.2) is 4.79 Å². The zero-order chi connectivity index (χ0) is 12.0. The number of carbonyl (C=O) groups is 1.